The molecule has 1 rings (SSSR count). The largest absolute Gasteiger partial charge is 0.480 e. The van der Waals surface area contributed by atoms with Gasteiger partial charge in [-0.15, -0.1) is 0 Å². The van der Waals surface area contributed by atoms with Gasteiger partial charge in [0.15, 0.2) is 0 Å². The van der Waals surface area contributed by atoms with E-state index in [1.807, 2.05) is 0 Å². The molecule has 1 fully saturated rings. The summed E-state index contributed by atoms with van der Waals surface area (Å²) in [5.41, 5.74) is 0.227. The van der Waals surface area contributed by atoms with E-state index in [2.05, 4.69) is 26.1 Å². The van der Waals surface area contributed by atoms with Crippen molar-refractivity contribution in [3.63, 3.8) is 0 Å². The van der Waals surface area contributed by atoms with E-state index in [0.717, 1.165) is 19.4 Å². The van der Waals surface area contributed by atoms with Gasteiger partial charge in [0.1, 0.15) is 6.04 Å². The molecule has 3 heteroatoms. The maximum absolute atomic E-state index is 10.8. The summed E-state index contributed by atoms with van der Waals surface area (Å²) >= 11 is 0. The van der Waals surface area contributed by atoms with E-state index in [4.69, 9.17) is 5.11 Å². The molecular formula is C10H19NO2. The SMILES string of the molecule is CC(C)(C)C[C@H]1CCN[C@H]1C(=O)O. The molecule has 0 radical (unpaired) electrons. The first-order chi connectivity index (χ1) is 5.90. The first-order valence-corrected chi connectivity index (χ1v) is 4.86. The fourth-order valence-electron chi connectivity index (χ4n) is 2.05. The average Bonchev–Trinajstić information content (AvgIpc) is 2.31. The van der Waals surface area contributed by atoms with Gasteiger partial charge in [-0.25, -0.2) is 0 Å². The third kappa shape index (κ3) is 2.99. The first kappa shape index (κ1) is 10.5. The van der Waals surface area contributed by atoms with Crippen molar-refractivity contribution in [3.05, 3.63) is 0 Å². The predicted molar refractivity (Wildman–Crippen MR) is 51.6 cm³/mol. The summed E-state index contributed by atoms with van der Waals surface area (Å²) in [6.07, 6.45) is 1.98. The third-order valence-electron chi connectivity index (χ3n) is 2.49. The molecule has 2 N–H and O–H groups in total. The number of hydrogen-bond donors (Lipinski definition) is 2. The van der Waals surface area contributed by atoms with Crippen molar-refractivity contribution in [3.8, 4) is 0 Å². The average molecular weight is 185 g/mol. The minimum Gasteiger partial charge on any atom is -0.480 e. The highest BCUT2D eigenvalue weighted by atomic mass is 16.4. The molecule has 13 heavy (non-hydrogen) atoms. The van der Waals surface area contributed by atoms with E-state index in [1.54, 1.807) is 0 Å². The van der Waals surface area contributed by atoms with Crippen LogP contribution in [0, 0.1) is 11.3 Å². The molecule has 0 amide bonds. The molecule has 0 aromatic carbocycles. The van der Waals surface area contributed by atoms with Crippen LogP contribution in [0.15, 0.2) is 0 Å². The standard InChI is InChI=1S/C10H19NO2/c1-10(2,3)6-7-4-5-11-8(7)9(12)13/h7-8,11H,4-6H2,1-3H3,(H,12,13)/t7-,8-/m1/s1. The van der Waals surface area contributed by atoms with Gasteiger partial charge in [-0.1, -0.05) is 20.8 Å². The minimum absolute atomic E-state index is 0.227. The molecule has 1 aliphatic heterocycles. The Morgan fingerprint density at radius 1 is 1.54 bits per heavy atom. The Morgan fingerprint density at radius 3 is 2.62 bits per heavy atom. The Bertz CT molecular complexity index is 196. The molecule has 1 aliphatic rings. The summed E-state index contributed by atoms with van der Waals surface area (Å²) in [7, 11) is 0. The van der Waals surface area contributed by atoms with Crippen LogP contribution in [0.2, 0.25) is 0 Å². The van der Waals surface area contributed by atoms with Crippen molar-refractivity contribution in [1.82, 2.24) is 5.32 Å². The molecule has 0 aromatic heterocycles. The van der Waals surface area contributed by atoms with Crippen LogP contribution in [0.4, 0.5) is 0 Å². The van der Waals surface area contributed by atoms with Gasteiger partial charge in [-0.05, 0) is 30.7 Å². The van der Waals surface area contributed by atoms with Crippen molar-refractivity contribution in [2.75, 3.05) is 6.54 Å². The van der Waals surface area contributed by atoms with Crippen LogP contribution in [0.5, 0.6) is 0 Å². The highest BCUT2D eigenvalue weighted by Gasteiger charge is 2.34. The second-order valence-corrected chi connectivity index (χ2v) is 5.08. The molecule has 0 bridgehead atoms. The molecule has 3 nitrogen and oxygen atoms in total. The minimum atomic E-state index is -0.702. The van der Waals surface area contributed by atoms with E-state index in [0.29, 0.717) is 5.92 Å². The zero-order valence-electron chi connectivity index (χ0n) is 8.63. The van der Waals surface area contributed by atoms with Crippen LogP contribution in [0.1, 0.15) is 33.6 Å². The molecule has 1 heterocycles. The van der Waals surface area contributed by atoms with Crippen molar-refractivity contribution in [1.29, 1.82) is 0 Å². The highest BCUT2D eigenvalue weighted by molar-refractivity contribution is 5.74. The fraction of sp³-hybridized carbons (Fsp3) is 0.900. The van der Waals surface area contributed by atoms with Gasteiger partial charge in [0.25, 0.3) is 0 Å². The summed E-state index contributed by atoms with van der Waals surface area (Å²) in [6.45, 7) is 7.32. The van der Waals surface area contributed by atoms with Gasteiger partial charge in [0.05, 0.1) is 0 Å². The summed E-state index contributed by atoms with van der Waals surface area (Å²) in [6, 6.07) is -0.320. The smallest absolute Gasteiger partial charge is 0.320 e. The molecule has 1 saturated heterocycles. The van der Waals surface area contributed by atoms with Crippen LogP contribution in [-0.4, -0.2) is 23.7 Å². The molecule has 2 atom stereocenters. The van der Waals surface area contributed by atoms with Crippen LogP contribution >= 0.6 is 0 Å². The predicted octanol–water partition coefficient (Wildman–Crippen LogP) is 1.49. The van der Waals surface area contributed by atoms with Gasteiger partial charge in [0.2, 0.25) is 0 Å². The van der Waals surface area contributed by atoms with Gasteiger partial charge in [0, 0.05) is 0 Å². The zero-order valence-corrected chi connectivity index (χ0v) is 8.63. The van der Waals surface area contributed by atoms with Crippen LogP contribution in [0.3, 0.4) is 0 Å². The lowest BCUT2D eigenvalue weighted by atomic mass is 9.81. The molecule has 0 spiro atoms. The number of carboxylic acid groups (broad SMARTS) is 1. The Labute approximate surface area is 79.5 Å². The maximum Gasteiger partial charge on any atom is 0.320 e. The van der Waals surface area contributed by atoms with Crippen molar-refractivity contribution in [2.45, 2.75) is 39.7 Å². The highest BCUT2D eigenvalue weighted by Crippen LogP contribution is 2.30. The van der Waals surface area contributed by atoms with E-state index in [9.17, 15) is 4.79 Å². The molecule has 76 valence electrons. The number of rotatable bonds is 2. The first-order valence-electron chi connectivity index (χ1n) is 4.86. The Kier molecular flexibility index (Phi) is 2.96. The molecule has 0 aromatic rings. The molecular weight excluding hydrogens is 166 g/mol. The summed E-state index contributed by atoms with van der Waals surface area (Å²) in [4.78, 5) is 10.8. The van der Waals surface area contributed by atoms with Gasteiger partial charge in [-0.2, -0.15) is 0 Å². The van der Waals surface area contributed by atoms with E-state index in [-0.39, 0.29) is 11.5 Å². The van der Waals surface area contributed by atoms with E-state index in [1.165, 1.54) is 0 Å². The Morgan fingerprint density at radius 2 is 2.15 bits per heavy atom. The number of aliphatic carboxylic acids is 1. The molecule has 0 aliphatic carbocycles. The quantitative estimate of drug-likeness (QED) is 0.685. The summed E-state index contributed by atoms with van der Waals surface area (Å²) in [5.74, 6) is -0.399. The van der Waals surface area contributed by atoms with E-state index < -0.39 is 5.97 Å². The third-order valence-corrected chi connectivity index (χ3v) is 2.49. The topological polar surface area (TPSA) is 49.3 Å². The van der Waals surface area contributed by atoms with Crippen molar-refractivity contribution in [2.24, 2.45) is 11.3 Å². The number of nitrogens with one attached hydrogen (secondary N) is 1. The fourth-order valence-corrected chi connectivity index (χ4v) is 2.05. The Hall–Kier alpha value is -0.570. The lowest BCUT2D eigenvalue weighted by molar-refractivity contribution is -0.140. The van der Waals surface area contributed by atoms with Crippen LogP contribution in [-0.2, 0) is 4.79 Å². The second kappa shape index (κ2) is 3.66. The van der Waals surface area contributed by atoms with Crippen molar-refractivity contribution >= 4 is 5.97 Å². The Balaban J connectivity index is 2.54. The number of carbonyl (C=O) groups is 1. The normalized spacial score (nSPS) is 29.2. The summed E-state index contributed by atoms with van der Waals surface area (Å²) in [5, 5.41) is 11.9. The van der Waals surface area contributed by atoms with Gasteiger partial charge in [-0.3, -0.25) is 4.79 Å². The van der Waals surface area contributed by atoms with E-state index >= 15 is 0 Å². The molecule has 0 saturated carbocycles. The number of hydrogen-bond acceptors (Lipinski definition) is 2. The van der Waals surface area contributed by atoms with Crippen molar-refractivity contribution < 1.29 is 9.90 Å². The summed E-state index contributed by atoms with van der Waals surface area (Å²) < 4.78 is 0. The van der Waals surface area contributed by atoms with Gasteiger partial charge < -0.3 is 10.4 Å². The second-order valence-electron chi connectivity index (χ2n) is 5.08. The van der Waals surface area contributed by atoms with Crippen LogP contribution in [0.25, 0.3) is 0 Å². The zero-order chi connectivity index (χ0) is 10.1. The molecule has 0 unspecified atom stereocenters. The lowest BCUT2D eigenvalue weighted by Gasteiger charge is -2.25. The van der Waals surface area contributed by atoms with Gasteiger partial charge >= 0.3 is 5.97 Å². The maximum atomic E-state index is 10.8. The van der Waals surface area contributed by atoms with Crippen LogP contribution < -0.4 is 5.32 Å². The monoisotopic (exact) mass is 185 g/mol. The number of carboxylic acids is 1. The lowest BCUT2D eigenvalue weighted by Crippen LogP contribution is -2.36.